The normalized spacial score (nSPS) is 23.5. The lowest BCUT2D eigenvalue weighted by Gasteiger charge is -2.45. The highest BCUT2D eigenvalue weighted by Gasteiger charge is 2.54. The van der Waals surface area contributed by atoms with E-state index in [1.54, 1.807) is 4.90 Å². The standard InChI is InChI=1S/C21H30N2O4/c1-3-12-22-13-10-21(11-14-22)23(18(15-27-21)20(25)26)19(24)17(4-2)16-8-6-5-7-9-16/h5-9,17-18H,3-4,10-15H2,1-2H3,(H,25,26)/t17-,18+/m1/s1. The monoisotopic (exact) mass is 374 g/mol. The average molecular weight is 374 g/mol. The summed E-state index contributed by atoms with van der Waals surface area (Å²) in [5.74, 6) is -1.46. The maximum atomic E-state index is 13.5. The smallest absolute Gasteiger partial charge is 0.328 e. The van der Waals surface area contributed by atoms with Crippen LogP contribution in [0.4, 0.5) is 0 Å². The van der Waals surface area contributed by atoms with Crippen molar-refractivity contribution in [1.29, 1.82) is 0 Å². The summed E-state index contributed by atoms with van der Waals surface area (Å²) in [6, 6.07) is 8.72. The van der Waals surface area contributed by atoms with Crippen LogP contribution in [0.1, 0.15) is 51.0 Å². The molecule has 2 atom stereocenters. The number of carbonyl (C=O) groups excluding carboxylic acids is 1. The Bertz CT molecular complexity index is 655. The molecule has 1 spiro atoms. The first-order chi connectivity index (χ1) is 13.0. The SMILES string of the molecule is CCCN1CCC2(CC1)OC[C@@H](C(=O)O)N2C(=O)[C@H](CC)c1ccccc1. The van der Waals surface area contributed by atoms with Crippen LogP contribution < -0.4 is 0 Å². The Balaban J connectivity index is 1.88. The van der Waals surface area contributed by atoms with Gasteiger partial charge in [-0.2, -0.15) is 0 Å². The molecule has 1 aromatic carbocycles. The zero-order valence-electron chi connectivity index (χ0n) is 16.3. The number of carboxylic acids is 1. The van der Waals surface area contributed by atoms with Gasteiger partial charge in [-0.3, -0.25) is 9.69 Å². The van der Waals surface area contributed by atoms with Crippen molar-refractivity contribution in [3.63, 3.8) is 0 Å². The van der Waals surface area contributed by atoms with E-state index in [2.05, 4.69) is 11.8 Å². The van der Waals surface area contributed by atoms with Crippen molar-refractivity contribution in [2.45, 2.75) is 57.2 Å². The Labute approximate surface area is 161 Å². The summed E-state index contributed by atoms with van der Waals surface area (Å²) in [5.41, 5.74) is 0.145. The molecular weight excluding hydrogens is 344 g/mol. The predicted octanol–water partition coefficient (Wildman–Crippen LogP) is 2.69. The van der Waals surface area contributed by atoms with Gasteiger partial charge < -0.3 is 14.7 Å². The highest BCUT2D eigenvalue weighted by molar-refractivity contribution is 5.89. The van der Waals surface area contributed by atoms with E-state index >= 15 is 0 Å². The van der Waals surface area contributed by atoms with Crippen molar-refractivity contribution in [3.05, 3.63) is 35.9 Å². The number of aliphatic carboxylic acids is 1. The fraction of sp³-hybridized carbons (Fsp3) is 0.619. The van der Waals surface area contributed by atoms with E-state index in [0.717, 1.165) is 31.6 Å². The van der Waals surface area contributed by atoms with Gasteiger partial charge in [0.15, 0.2) is 6.04 Å². The van der Waals surface area contributed by atoms with Crippen LogP contribution in [-0.2, 0) is 14.3 Å². The molecule has 2 aliphatic rings. The maximum Gasteiger partial charge on any atom is 0.328 e. The second-order valence-electron chi connectivity index (χ2n) is 7.53. The zero-order valence-corrected chi connectivity index (χ0v) is 16.3. The van der Waals surface area contributed by atoms with Crippen LogP contribution in [0.5, 0.6) is 0 Å². The van der Waals surface area contributed by atoms with Gasteiger partial charge in [0.25, 0.3) is 0 Å². The summed E-state index contributed by atoms with van der Waals surface area (Å²) in [4.78, 5) is 29.3. The molecule has 1 amide bonds. The first-order valence-electron chi connectivity index (χ1n) is 9.99. The van der Waals surface area contributed by atoms with Gasteiger partial charge >= 0.3 is 5.97 Å². The third kappa shape index (κ3) is 3.87. The van der Waals surface area contributed by atoms with Crippen molar-refractivity contribution in [2.75, 3.05) is 26.2 Å². The Hall–Kier alpha value is -1.92. The number of nitrogens with zero attached hydrogens (tertiary/aromatic N) is 2. The van der Waals surface area contributed by atoms with Gasteiger partial charge in [0.1, 0.15) is 5.72 Å². The summed E-state index contributed by atoms with van der Waals surface area (Å²) in [6.45, 7) is 6.86. The van der Waals surface area contributed by atoms with Crippen LogP contribution in [0.2, 0.25) is 0 Å². The van der Waals surface area contributed by atoms with E-state index in [4.69, 9.17) is 4.74 Å². The number of carboxylic acid groups (broad SMARTS) is 1. The lowest BCUT2D eigenvalue weighted by Crippen LogP contribution is -2.59. The second-order valence-corrected chi connectivity index (χ2v) is 7.53. The molecule has 0 radical (unpaired) electrons. The molecule has 3 rings (SSSR count). The van der Waals surface area contributed by atoms with Crippen molar-refractivity contribution in [1.82, 2.24) is 9.80 Å². The minimum absolute atomic E-state index is 0.0695. The van der Waals surface area contributed by atoms with Crippen LogP contribution in [0, 0.1) is 0 Å². The fourth-order valence-electron chi connectivity index (χ4n) is 4.43. The minimum Gasteiger partial charge on any atom is -0.480 e. The first kappa shape index (κ1) is 19.8. The summed E-state index contributed by atoms with van der Waals surface area (Å²) >= 11 is 0. The van der Waals surface area contributed by atoms with Crippen molar-refractivity contribution in [3.8, 4) is 0 Å². The summed E-state index contributed by atoms with van der Waals surface area (Å²) in [7, 11) is 0. The van der Waals surface area contributed by atoms with E-state index in [0.29, 0.717) is 19.3 Å². The topological polar surface area (TPSA) is 70.1 Å². The Morgan fingerprint density at radius 1 is 1.22 bits per heavy atom. The molecule has 6 heteroatoms. The van der Waals surface area contributed by atoms with Crippen LogP contribution >= 0.6 is 0 Å². The van der Waals surface area contributed by atoms with Gasteiger partial charge in [0.2, 0.25) is 5.91 Å². The van der Waals surface area contributed by atoms with Gasteiger partial charge in [-0.1, -0.05) is 44.2 Å². The van der Waals surface area contributed by atoms with Gasteiger partial charge in [0, 0.05) is 25.9 Å². The van der Waals surface area contributed by atoms with E-state index < -0.39 is 17.7 Å². The summed E-state index contributed by atoms with van der Waals surface area (Å²) in [6.07, 6.45) is 3.03. The summed E-state index contributed by atoms with van der Waals surface area (Å²) < 4.78 is 6.04. The predicted molar refractivity (Wildman–Crippen MR) is 102 cm³/mol. The molecule has 2 heterocycles. The number of hydrogen-bond acceptors (Lipinski definition) is 4. The van der Waals surface area contributed by atoms with E-state index in [1.165, 1.54) is 0 Å². The average Bonchev–Trinajstić information content (AvgIpc) is 3.04. The van der Waals surface area contributed by atoms with Gasteiger partial charge in [-0.25, -0.2) is 4.79 Å². The van der Waals surface area contributed by atoms with Crippen LogP contribution in [-0.4, -0.2) is 64.8 Å². The molecule has 0 bridgehead atoms. The molecule has 2 saturated heterocycles. The molecule has 148 valence electrons. The van der Waals surface area contributed by atoms with E-state index in [1.807, 2.05) is 37.3 Å². The summed E-state index contributed by atoms with van der Waals surface area (Å²) in [5, 5.41) is 9.72. The quantitative estimate of drug-likeness (QED) is 0.829. The lowest BCUT2D eigenvalue weighted by molar-refractivity contribution is -0.167. The second kappa shape index (κ2) is 8.40. The van der Waals surface area contributed by atoms with E-state index in [9.17, 15) is 14.7 Å². The fourth-order valence-corrected chi connectivity index (χ4v) is 4.43. The molecule has 0 unspecified atom stereocenters. The van der Waals surface area contributed by atoms with Crippen LogP contribution in [0.3, 0.4) is 0 Å². The number of benzene rings is 1. The van der Waals surface area contributed by atoms with Gasteiger partial charge in [-0.15, -0.1) is 0 Å². The number of amides is 1. The minimum atomic E-state index is -0.987. The molecule has 0 aliphatic carbocycles. The molecule has 0 saturated carbocycles. The number of piperidine rings is 1. The van der Waals surface area contributed by atoms with Crippen molar-refractivity contribution in [2.24, 2.45) is 0 Å². The highest BCUT2D eigenvalue weighted by atomic mass is 16.5. The zero-order chi connectivity index (χ0) is 19.4. The molecule has 1 aromatic rings. The Morgan fingerprint density at radius 2 is 1.89 bits per heavy atom. The third-order valence-corrected chi connectivity index (χ3v) is 5.87. The molecule has 2 aliphatic heterocycles. The Morgan fingerprint density at radius 3 is 2.44 bits per heavy atom. The van der Waals surface area contributed by atoms with E-state index in [-0.39, 0.29) is 18.4 Å². The molecular formula is C21H30N2O4. The maximum absolute atomic E-state index is 13.5. The van der Waals surface area contributed by atoms with Crippen LogP contribution in [0.25, 0.3) is 0 Å². The number of ether oxygens (including phenoxy) is 1. The number of carbonyl (C=O) groups is 2. The Kier molecular flexibility index (Phi) is 6.17. The van der Waals surface area contributed by atoms with Gasteiger partial charge in [0.05, 0.1) is 12.5 Å². The van der Waals surface area contributed by atoms with Crippen molar-refractivity contribution >= 4 is 11.9 Å². The number of likely N-dealkylation sites (tertiary alicyclic amines) is 1. The number of hydrogen-bond donors (Lipinski definition) is 1. The molecule has 0 aromatic heterocycles. The molecule has 1 N–H and O–H groups in total. The van der Waals surface area contributed by atoms with Crippen molar-refractivity contribution < 1.29 is 19.4 Å². The van der Waals surface area contributed by atoms with Crippen LogP contribution in [0.15, 0.2) is 30.3 Å². The molecule has 27 heavy (non-hydrogen) atoms. The largest absolute Gasteiger partial charge is 0.480 e. The number of rotatable bonds is 6. The molecule has 6 nitrogen and oxygen atoms in total. The third-order valence-electron chi connectivity index (χ3n) is 5.87. The van der Waals surface area contributed by atoms with Gasteiger partial charge in [-0.05, 0) is 24.9 Å². The molecule has 2 fully saturated rings. The first-order valence-corrected chi connectivity index (χ1v) is 9.99. The highest BCUT2D eigenvalue weighted by Crippen LogP contribution is 2.40. The lowest BCUT2D eigenvalue weighted by atomic mass is 9.91.